The van der Waals surface area contributed by atoms with Crippen LogP contribution < -0.4 is 14.7 Å². The maximum Gasteiger partial charge on any atom is 0.227 e. The van der Waals surface area contributed by atoms with Gasteiger partial charge in [0.25, 0.3) is 0 Å². The van der Waals surface area contributed by atoms with Gasteiger partial charge < -0.3 is 14.7 Å². The lowest BCUT2D eigenvalue weighted by molar-refractivity contribution is 0.311. The van der Waals surface area contributed by atoms with Crippen molar-refractivity contribution in [2.45, 2.75) is 58.0 Å². The van der Waals surface area contributed by atoms with E-state index >= 15 is 0 Å². The Bertz CT molecular complexity index is 749. The van der Waals surface area contributed by atoms with E-state index in [2.05, 4.69) is 33.7 Å². The van der Waals surface area contributed by atoms with Crippen molar-refractivity contribution in [1.82, 2.24) is 14.9 Å². The third-order valence-corrected chi connectivity index (χ3v) is 6.34. The zero-order chi connectivity index (χ0) is 19.8. The highest BCUT2D eigenvalue weighted by atomic mass is 15.4. The van der Waals surface area contributed by atoms with Crippen molar-refractivity contribution in [3.8, 4) is 0 Å². The Morgan fingerprint density at radius 2 is 1.86 bits per heavy atom. The zero-order valence-electron chi connectivity index (χ0n) is 17.3. The average Bonchev–Trinajstić information content (AvgIpc) is 3.21. The van der Waals surface area contributed by atoms with E-state index in [4.69, 9.17) is 15.8 Å². The molecule has 2 fully saturated rings. The summed E-state index contributed by atoms with van der Waals surface area (Å²) in [7, 11) is 2.15. The normalized spacial score (nSPS) is 24.0. The quantitative estimate of drug-likeness (QED) is 0.615. The van der Waals surface area contributed by atoms with Crippen molar-refractivity contribution in [2.75, 3.05) is 47.9 Å². The highest BCUT2D eigenvalue weighted by Gasteiger charge is 2.41. The summed E-state index contributed by atoms with van der Waals surface area (Å²) in [6.07, 6.45) is 7.46. The van der Waals surface area contributed by atoms with Gasteiger partial charge in [0.2, 0.25) is 5.95 Å². The number of piperazine rings is 1. The molecule has 1 aromatic rings. The van der Waals surface area contributed by atoms with Crippen molar-refractivity contribution in [3.63, 3.8) is 0 Å². The number of anilines is 3. The Balaban J connectivity index is 1.77. The van der Waals surface area contributed by atoms with E-state index in [1.54, 1.807) is 11.8 Å². The number of hydrogen-bond acceptors (Lipinski definition) is 7. The first-order valence-electron chi connectivity index (χ1n) is 10.5. The van der Waals surface area contributed by atoms with Gasteiger partial charge in [0, 0.05) is 32.2 Å². The molecule has 8 nitrogen and oxygen atoms in total. The molecule has 0 spiro atoms. The first-order chi connectivity index (χ1) is 13.5. The molecule has 2 aliphatic heterocycles. The summed E-state index contributed by atoms with van der Waals surface area (Å²) in [5.74, 6) is 2.52. The fourth-order valence-electron chi connectivity index (χ4n) is 4.78. The standard InChI is InChI=1S/C20H32N8/c1-4-16-18(22)27(14(2)21)17-13-23-20(26-11-9-25(3)10-12-26)24-19(17)28(16)15-7-5-6-8-15/h13,15-16,21-22H,4-12H2,1-3H3. The van der Waals surface area contributed by atoms with Gasteiger partial charge in [-0.1, -0.05) is 19.8 Å². The van der Waals surface area contributed by atoms with Crippen LogP contribution in [0, 0.1) is 10.8 Å². The number of likely N-dealkylation sites (N-methyl/N-ethyl adjacent to an activating group) is 1. The third-order valence-electron chi connectivity index (χ3n) is 6.34. The molecule has 2 N–H and O–H groups in total. The van der Waals surface area contributed by atoms with Crippen LogP contribution in [0.1, 0.15) is 46.0 Å². The van der Waals surface area contributed by atoms with Crippen LogP contribution in [-0.4, -0.2) is 71.8 Å². The fraction of sp³-hybridized carbons (Fsp3) is 0.700. The lowest BCUT2D eigenvalue weighted by Crippen LogP contribution is -2.57. The maximum absolute atomic E-state index is 8.80. The van der Waals surface area contributed by atoms with E-state index in [9.17, 15) is 0 Å². The van der Waals surface area contributed by atoms with E-state index in [1.165, 1.54) is 12.8 Å². The SMILES string of the molecule is CCC1C(=N)N(C(C)=N)c2cnc(N3CCN(C)CC3)nc2N1C1CCCC1. The highest BCUT2D eigenvalue weighted by molar-refractivity contribution is 6.21. The van der Waals surface area contributed by atoms with Crippen LogP contribution in [0.3, 0.4) is 0 Å². The molecule has 1 aromatic heterocycles. The summed E-state index contributed by atoms with van der Waals surface area (Å²) in [5, 5.41) is 17.1. The average molecular weight is 385 g/mol. The summed E-state index contributed by atoms with van der Waals surface area (Å²) < 4.78 is 0. The number of rotatable bonds is 3. The van der Waals surface area contributed by atoms with Gasteiger partial charge in [-0.25, -0.2) is 4.98 Å². The minimum absolute atomic E-state index is 0.0360. The lowest BCUT2D eigenvalue weighted by Gasteiger charge is -2.46. The number of amidine groups is 2. The van der Waals surface area contributed by atoms with E-state index in [-0.39, 0.29) is 6.04 Å². The first kappa shape index (κ1) is 19.1. The molecule has 1 saturated heterocycles. The summed E-state index contributed by atoms with van der Waals surface area (Å²) >= 11 is 0. The number of nitrogens with one attached hydrogen (secondary N) is 2. The first-order valence-corrected chi connectivity index (χ1v) is 10.5. The van der Waals surface area contributed by atoms with Crippen LogP contribution in [0.15, 0.2) is 6.20 Å². The summed E-state index contributed by atoms with van der Waals surface area (Å²) in [6.45, 7) is 7.76. The van der Waals surface area contributed by atoms with E-state index in [0.717, 1.165) is 62.9 Å². The van der Waals surface area contributed by atoms with Crippen molar-refractivity contribution >= 4 is 29.1 Å². The Morgan fingerprint density at radius 3 is 2.46 bits per heavy atom. The lowest BCUT2D eigenvalue weighted by atomic mass is 10.0. The molecule has 8 heteroatoms. The molecule has 0 amide bonds. The number of fused-ring (bicyclic) bond motifs is 1. The fourth-order valence-corrected chi connectivity index (χ4v) is 4.78. The van der Waals surface area contributed by atoms with Crippen LogP contribution in [0.5, 0.6) is 0 Å². The minimum atomic E-state index is -0.0360. The van der Waals surface area contributed by atoms with Gasteiger partial charge in [-0.2, -0.15) is 4.98 Å². The van der Waals surface area contributed by atoms with Gasteiger partial charge in [0.1, 0.15) is 17.4 Å². The minimum Gasteiger partial charge on any atom is -0.342 e. The Morgan fingerprint density at radius 1 is 1.18 bits per heavy atom. The Kier molecular flexibility index (Phi) is 5.23. The molecular weight excluding hydrogens is 352 g/mol. The molecule has 1 atom stereocenters. The molecule has 4 rings (SSSR count). The topological polar surface area (TPSA) is 86.4 Å². The number of hydrogen-bond donors (Lipinski definition) is 2. The molecular formula is C20H32N8. The zero-order valence-corrected chi connectivity index (χ0v) is 17.3. The predicted molar refractivity (Wildman–Crippen MR) is 114 cm³/mol. The van der Waals surface area contributed by atoms with E-state index in [0.29, 0.717) is 17.7 Å². The second kappa shape index (κ2) is 7.66. The number of nitrogens with zero attached hydrogens (tertiary/aromatic N) is 6. The van der Waals surface area contributed by atoms with Crippen LogP contribution in [0.2, 0.25) is 0 Å². The van der Waals surface area contributed by atoms with Crippen LogP contribution in [0.25, 0.3) is 0 Å². The predicted octanol–water partition coefficient (Wildman–Crippen LogP) is 2.55. The molecule has 1 aliphatic carbocycles. The van der Waals surface area contributed by atoms with Crippen LogP contribution in [-0.2, 0) is 0 Å². The van der Waals surface area contributed by atoms with Gasteiger partial charge >= 0.3 is 0 Å². The molecule has 3 aliphatic rings. The Hall–Kier alpha value is -2.22. The molecule has 1 unspecified atom stereocenters. The molecule has 0 bridgehead atoms. The molecule has 0 aromatic carbocycles. The molecule has 152 valence electrons. The van der Waals surface area contributed by atoms with Gasteiger partial charge in [-0.05, 0) is 33.2 Å². The number of aromatic nitrogens is 2. The molecule has 0 radical (unpaired) electrons. The third kappa shape index (κ3) is 3.23. The van der Waals surface area contributed by atoms with Crippen molar-refractivity contribution in [2.24, 2.45) is 0 Å². The second-order valence-corrected chi connectivity index (χ2v) is 8.24. The summed E-state index contributed by atoms with van der Waals surface area (Å²) in [6, 6.07) is 0.388. The van der Waals surface area contributed by atoms with Crippen molar-refractivity contribution in [3.05, 3.63) is 6.20 Å². The van der Waals surface area contributed by atoms with Gasteiger partial charge in [0.15, 0.2) is 5.82 Å². The second-order valence-electron chi connectivity index (χ2n) is 8.24. The van der Waals surface area contributed by atoms with Crippen molar-refractivity contribution in [1.29, 1.82) is 10.8 Å². The monoisotopic (exact) mass is 384 g/mol. The van der Waals surface area contributed by atoms with Gasteiger partial charge in [0.05, 0.1) is 12.2 Å². The largest absolute Gasteiger partial charge is 0.342 e. The maximum atomic E-state index is 8.80. The smallest absolute Gasteiger partial charge is 0.227 e. The summed E-state index contributed by atoms with van der Waals surface area (Å²) in [4.78, 5) is 18.4. The molecule has 28 heavy (non-hydrogen) atoms. The molecule has 1 saturated carbocycles. The van der Waals surface area contributed by atoms with Crippen LogP contribution in [0.4, 0.5) is 17.5 Å². The van der Waals surface area contributed by atoms with E-state index < -0.39 is 0 Å². The molecule has 3 heterocycles. The van der Waals surface area contributed by atoms with Crippen LogP contribution >= 0.6 is 0 Å². The highest BCUT2D eigenvalue weighted by Crippen LogP contribution is 2.40. The van der Waals surface area contributed by atoms with E-state index in [1.807, 2.05) is 6.20 Å². The van der Waals surface area contributed by atoms with Gasteiger partial charge in [-0.3, -0.25) is 15.7 Å². The Labute approximate surface area is 167 Å². The summed E-state index contributed by atoms with van der Waals surface area (Å²) in [5.41, 5.74) is 0.784. The van der Waals surface area contributed by atoms with Crippen molar-refractivity contribution < 1.29 is 0 Å². The van der Waals surface area contributed by atoms with Gasteiger partial charge in [-0.15, -0.1) is 0 Å².